The number of anilines is 1. The first kappa shape index (κ1) is 15.0. The van der Waals surface area contributed by atoms with Crippen LogP contribution in [0, 0.1) is 19.7 Å². The number of rotatable bonds is 2. The molecule has 0 saturated heterocycles. The Hall–Kier alpha value is -1.39. The molecule has 0 heterocycles. The van der Waals surface area contributed by atoms with Crippen LogP contribution in [0.15, 0.2) is 34.8 Å². The van der Waals surface area contributed by atoms with Gasteiger partial charge in [0.1, 0.15) is 5.82 Å². The number of nitrogens with one attached hydrogen (secondary N) is 1. The zero-order chi connectivity index (χ0) is 14.9. The summed E-state index contributed by atoms with van der Waals surface area (Å²) in [6.07, 6.45) is 0. The highest BCUT2D eigenvalue weighted by molar-refractivity contribution is 9.10. The van der Waals surface area contributed by atoms with Gasteiger partial charge in [0.2, 0.25) is 0 Å². The van der Waals surface area contributed by atoms with Crippen LogP contribution in [0.5, 0.6) is 0 Å². The van der Waals surface area contributed by atoms with Crippen molar-refractivity contribution in [2.75, 3.05) is 5.32 Å². The second kappa shape index (κ2) is 5.94. The smallest absolute Gasteiger partial charge is 0.255 e. The molecular formula is C15H12BrClFNO. The Labute approximate surface area is 130 Å². The van der Waals surface area contributed by atoms with E-state index in [1.807, 2.05) is 0 Å². The molecule has 2 aromatic rings. The van der Waals surface area contributed by atoms with Gasteiger partial charge in [-0.2, -0.15) is 0 Å². The lowest BCUT2D eigenvalue weighted by molar-refractivity contribution is 0.102. The summed E-state index contributed by atoms with van der Waals surface area (Å²) in [7, 11) is 0. The van der Waals surface area contributed by atoms with Gasteiger partial charge in [-0.3, -0.25) is 4.79 Å². The van der Waals surface area contributed by atoms with Crippen LogP contribution in [0.25, 0.3) is 0 Å². The van der Waals surface area contributed by atoms with Crippen LogP contribution in [0.4, 0.5) is 10.1 Å². The van der Waals surface area contributed by atoms with Crippen LogP contribution in [0.1, 0.15) is 21.5 Å². The van der Waals surface area contributed by atoms with Gasteiger partial charge in [-0.1, -0.05) is 17.7 Å². The number of amides is 1. The van der Waals surface area contributed by atoms with Crippen LogP contribution in [0.2, 0.25) is 5.02 Å². The van der Waals surface area contributed by atoms with E-state index in [0.29, 0.717) is 26.3 Å². The summed E-state index contributed by atoms with van der Waals surface area (Å²) < 4.78 is 13.9. The number of hydrogen-bond acceptors (Lipinski definition) is 1. The Morgan fingerprint density at radius 2 is 2.00 bits per heavy atom. The lowest BCUT2D eigenvalue weighted by atomic mass is 10.1. The normalized spacial score (nSPS) is 10.4. The first-order valence-electron chi connectivity index (χ1n) is 5.92. The van der Waals surface area contributed by atoms with Gasteiger partial charge in [0, 0.05) is 16.3 Å². The predicted molar refractivity (Wildman–Crippen MR) is 83.0 cm³/mol. The summed E-state index contributed by atoms with van der Waals surface area (Å²) in [5.74, 6) is -0.733. The Kier molecular flexibility index (Phi) is 4.45. The molecule has 0 unspecified atom stereocenters. The Balaban J connectivity index is 2.33. The van der Waals surface area contributed by atoms with Crippen LogP contribution < -0.4 is 5.32 Å². The molecule has 2 rings (SSSR count). The van der Waals surface area contributed by atoms with Gasteiger partial charge in [-0.05, 0) is 65.2 Å². The molecule has 5 heteroatoms. The molecule has 0 fully saturated rings. The van der Waals surface area contributed by atoms with Crippen molar-refractivity contribution in [3.63, 3.8) is 0 Å². The maximum Gasteiger partial charge on any atom is 0.255 e. The van der Waals surface area contributed by atoms with E-state index in [1.54, 1.807) is 38.1 Å². The fraction of sp³-hybridized carbons (Fsp3) is 0.133. The van der Waals surface area contributed by atoms with Crippen LogP contribution in [-0.4, -0.2) is 5.91 Å². The summed E-state index contributed by atoms with van der Waals surface area (Å²) in [5.41, 5.74) is 2.38. The maximum absolute atomic E-state index is 13.5. The van der Waals surface area contributed by atoms with Crippen LogP contribution in [-0.2, 0) is 0 Å². The summed E-state index contributed by atoms with van der Waals surface area (Å²) in [6.45, 7) is 3.57. The fourth-order valence-corrected chi connectivity index (χ4v) is 2.46. The average Bonchev–Trinajstić information content (AvgIpc) is 2.39. The summed E-state index contributed by atoms with van der Waals surface area (Å²) in [6, 6.07) is 8.02. The molecule has 0 spiro atoms. The maximum atomic E-state index is 13.5. The average molecular weight is 357 g/mol. The van der Waals surface area contributed by atoms with Crippen molar-refractivity contribution in [1.82, 2.24) is 0 Å². The second-order valence-electron chi connectivity index (χ2n) is 4.45. The third-order valence-electron chi connectivity index (χ3n) is 3.03. The zero-order valence-corrected chi connectivity index (χ0v) is 13.3. The molecule has 0 bridgehead atoms. The molecule has 0 aliphatic heterocycles. The number of halogens is 3. The fourth-order valence-electron chi connectivity index (χ4n) is 1.82. The van der Waals surface area contributed by atoms with Crippen molar-refractivity contribution >= 4 is 39.1 Å². The Bertz CT molecular complexity index is 688. The first-order chi connectivity index (χ1) is 9.40. The van der Waals surface area contributed by atoms with Gasteiger partial charge in [0.15, 0.2) is 0 Å². The van der Waals surface area contributed by atoms with E-state index in [1.165, 1.54) is 6.07 Å². The Morgan fingerprint density at radius 1 is 1.30 bits per heavy atom. The molecule has 20 heavy (non-hydrogen) atoms. The van der Waals surface area contributed by atoms with Crippen molar-refractivity contribution in [1.29, 1.82) is 0 Å². The molecule has 0 saturated carbocycles. The predicted octanol–water partition coefficient (Wildman–Crippen LogP) is 5.11. The van der Waals surface area contributed by atoms with Crippen molar-refractivity contribution in [2.24, 2.45) is 0 Å². The molecular weight excluding hydrogens is 345 g/mol. The van der Waals surface area contributed by atoms with E-state index in [-0.39, 0.29) is 5.91 Å². The number of aryl methyl sites for hydroxylation is 1. The number of carbonyl (C=O) groups excluding carboxylic acids is 1. The molecule has 0 aliphatic carbocycles. The number of carbonyl (C=O) groups is 1. The summed E-state index contributed by atoms with van der Waals surface area (Å²) >= 11 is 9.10. The van der Waals surface area contributed by atoms with Crippen LogP contribution >= 0.6 is 27.5 Å². The van der Waals surface area contributed by atoms with Crippen molar-refractivity contribution in [3.05, 3.63) is 62.3 Å². The third-order valence-corrected chi connectivity index (χ3v) is 4.04. The highest BCUT2D eigenvalue weighted by Crippen LogP contribution is 2.25. The van der Waals surface area contributed by atoms with Gasteiger partial charge in [0.05, 0.1) is 4.47 Å². The molecule has 0 aliphatic rings. The molecule has 2 nitrogen and oxygen atoms in total. The first-order valence-corrected chi connectivity index (χ1v) is 7.09. The molecule has 0 aromatic heterocycles. The number of benzene rings is 2. The molecule has 1 N–H and O–H groups in total. The van der Waals surface area contributed by atoms with Crippen molar-refractivity contribution in [2.45, 2.75) is 13.8 Å². The van der Waals surface area contributed by atoms with E-state index in [9.17, 15) is 9.18 Å². The van der Waals surface area contributed by atoms with Gasteiger partial charge in [0.25, 0.3) is 5.91 Å². The van der Waals surface area contributed by atoms with Crippen molar-refractivity contribution < 1.29 is 9.18 Å². The largest absolute Gasteiger partial charge is 0.322 e. The van der Waals surface area contributed by atoms with E-state index >= 15 is 0 Å². The topological polar surface area (TPSA) is 29.1 Å². The third kappa shape index (κ3) is 3.02. The standard InChI is InChI=1S/C15H12BrClFNO/c1-8-6-11(16)13(18)7-14(8)19-15(20)10-4-3-5-12(17)9(10)2/h3-7H,1-2H3,(H,19,20). The molecule has 1 amide bonds. The van der Waals surface area contributed by atoms with Gasteiger partial charge in [-0.25, -0.2) is 4.39 Å². The second-order valence-corrected chi connectivity index (χ2v) is 5.71. The van der Waals surface area contributed by atoms with E-state index < -0.39 is 5.82 Å². The monoisotopic (exact) mass is 355 g/mol. The zero-order valence-electron chi connectivity index (χ0n) is 10.9. The Morgan fingerprint density at radius 3 is 2.70 bits per heavy atom. The van der Waals surface area contributed by atoms with E-state index in [0.717, 1.165) is 5.56 Å². The SMILES string of the molecule is Cc1cc(Br)c(F)cc1NC(=O)c1cccc(Cl)c1C. The van der Waals surface area contributed by atoms with Gasteiger partial charge < -0.3 is 5.32 Å². The lowest BCUT2D eigenvalue weighted by Crippen LogP contribution is -2.14. The lowest BCUT2D eigenvalue weighted by Gasteiger charge is -2.11. The molecule has 104 valence electrons. The van der Waals surface area contributed by atoms with E-state index in [4.69, 9.17) is 11.6 Å². The minimum absolute atomic E-state index is 0.310. The summed E-state index contributed by atoms with van der Waals surface area (Å²) in [5, 5.41) is 3.23. The number of hydrogen-bond donors (Lipinski definition) is 1. The highest BCUT2D eigenvalue weighted by Gasteiger charge is 2.13. The van der Waals surface area contributed by atoms with Crippen LogP contribution in [0.3, 0.4) is 0 Å². The molecule has 0 atom stereocenters. The quantitative estimate of drug-likeness (QED) is 0.796. The minimum Gasteiger partial charge on any atom is -0.322 e. The van der Waals surface area contributed by atoms with Gasteiger partial charge >= 0.3 is 0 Å². The highest BCUT2D eigenvalue weighted by atomic mass is 79.9. The van der Waals surface area contributed by atoms with Gasteiger partial charge in [-0.15, -0.1) is 0 Å². The van der Waals surface area contributed by atoms with Crippen molar-refractivity contribution in [3.8, 4) is 0 Å². The molecule has 2 aromatic carbocycles. The van der Waals surface area contributed by atoms with E-state index in [2.05, 4.69) is 21.2 Å². The summed E-state index contributed by atoms with van der Waals surface area (Å²) in [4.78, 5) is 12.2. The molecule has 0 radical (unpaired) electrons. The minimum atomic E-state index is -0.422.